The highest BCUT2D eigenvalue weighted by Gasteiger charge is 2.35. The minimum absolute atomic E-state index is 0. The van der Waals surface area contributed by atoms with Gasteiger partial charge in [0.25, 0.3) is 0 Å². The van der Waals surface area contributed by atoms with Gasteiger partial charge < -0.3 is 15.1 Å². The zero-order valence-corrected chi connectivity index (χ0v) is 19.2. The number of guanidine groups is 1. The maximum absolute atomic E-state index is 6.07. The van der Waals surface area contributed by atoms with Crippen molar-refractivity contribution in [2.75, 3.05) is 13.6 Å². The molecular weight excluding hydrogens is 475 g/mol. The van der Waals surface area contributed by atoms with Gasteiger partial charge in [-0.15, -0.1) is 24.0 Å². The topological polar surface area (TPSA) is 62.5 Å². The Kier molecular flexibility index (Phi) is 7.97. The van der Waals surface area contributed by atoms with Crippen molar-refractivity contribution in [3.8, 4) is 0 Å². The number of nitrogens with zero attached hydrogens (tertiary/aromatic N) is 2. The summed E-state index contributed by atoms with van der Waals surface area (Å²) in [6.07, 6.45) is 4.87. The Morgan fingerprint density at radius 1 is 1.19 bits per heavy atom. The van der Waals surface area contributed by atoms with Crippen molar-refractivity contribution in [3.63, 3.8) is 0 Å². The molecule has 0 spiro atoms. The van der Waals surface area contributed by atoms with Crippen molar-refractivity contribution in [2.24, 2.45) is 4.99 Å². The summed E-state index contributed by atoms with van der Waals surface area (Å²) in [6.45, 7) is 5.24. The largest absolute Gasteiger partial charge is 0.444 e. The lowest BCUT2D eigenvalue weighted by Crippen LogP contribution is -2.44. The monoisotopic (exact) mass is 502 g/mol. The van der Waals surface area contributed by atoms with Gasteiger partial charge in [0.1, 0.15) is 5.76 Å². The van der Waals surface area contributed by atoms with Gasteiger partial charge in [-0.25, -0.2) is 4.98 Å². The van der Waals surface area contributed by atoms with Crippen molar-refractivity contribution in [2.45, 2.75) is 51.5 Å². The van der Waals surface area contributed by atoms with Gasteiger partial charge in [-0.1, -0.05) is 36.6 Å². The molecule has 7 heteroatoms. The molecule has 3 rings (SSSR count). The second-order valence-electron chi connectivity index (χ2n) is 7.02. The van der Waals surface area contributed by atoms with Crippen LogP contribution >= 0.6 is 35.6 Å². The van der Waals surface area contributed by atoms with E-state index in [-0.39, 0.29) is 29.4 Å². The number of halogens is 2. The minimum Gasteiger partial charge on any atom is -0.444 e. The Balaban J connectivity index is 0.00000261. The fourth-order valence-corrected chi connectivity index (χ4v) is 3.80. The molecule has 27 heavy (non-hydrogen) atoms. The molecule has 2 aromatic rings. The van der Waals surface area contributed by atoms with Crippen molar-refractivity contribution in [1.82, 2.24) is 15.6 Å². The second-order valence-corrected chi connectivity index (χ2v) is 7.46. The van der Waals surface area contributed by atoms with E-state index in [0.717, 1.165) is 29.0 Å². The zero-order chi connectivity index (χ0) is 18.6. The van der Waals surface area contributed by atoms with Crippen LogP contribution in [0.2, 0.25) is 5.02 Å². The number of aromatic nitrogens is 1. The molecular formula is C20H28ClIN4O. The Bertz CT molecular complexity index is 747. The highest BCUT2D eigenvalue weighted by atomic mass is 127. The average Bonchev–Trinajstić information content (AvgIpc) is 3.23. The van der Waals surface area contributed by atoms with Crippen molar-refractivity contribution in [1.29, 1.82) is 0 Å². The van der Waals surface area contributed by atoms with E-state index in [1.165, 1.54) is 31.2 Å². The number of oxazole rings is 1. The molecule has 0 aliphatic heterocycles. The predicted octanol–water partition coefficient (Wildman–Crippen LogP) is 4.74. The van der Waals surface area contributed by atoms with E-state index in [9.17, 15) is 0 Å². The number of hydrogen-bond donors (Lipinski definition) is 2. The molecule has 1 saturated carbocycles. The van der Waals surface area contributed by atoms with E-state index in [4.69, 9.17) is 16.0 Å². The van der Waals surface area contributed by atoms with Crippen LogP contribution in [0.5, 0.6) is 0 Å². The Morgan fingerprint density at radius 2 is 1.85 bits per heavy atom. The third-order valence-electron chi connectivity index (χ3n) is 5.31. The van der Waals surface area contributed by atoms with Gasteiger partial charge in [0, 0.05) is 24.0 Å². The number of benzene rings is 1. The summed E-state index contributed by atoms with van der Waals surface area (Å²) >= 11 is 6.07. The number of hydrogen-bond acceptors (Lipinski definition) is 3. The van der Waals surface area contributed by atoms with Gasteiger partial charge in [-0.05, 0) is 44.4 Å². The normalized spacial score (nSPS) is 16.1. The summed E-state index contributed by atoms with van der Waals surface area (Å²) in [7, 11) is 1.78. The molecule has 148 valence electrons. The zero-order valence-electron chi connectivity index (χ0n) is 16.1. The molecule has 1 aromatic heterocycles. The maximum atomic E-state index is 6.07. The first-order valence-electron chi connectivity index (χ1n) is 9.16. The summed E-state index contributed by atoms with van der Waals surface area (Å²) in [5.74, 6) is 2.30. The first kappa shape index (κ1) is 22.0. The number of aliphatic imine (C=N–C) groups is 1. The smallest absolute Gasteiger partial charge is 0.214 e. The molecule has 5 nitrogen and oxygen atoms in total. The predicted molar refractivity (Wildman–Crippen MR) is 121 cm³/mol. The molecule has 1 aliphatic carbocycles. The molecule has 1 aliphatic rings. The lowest BCUT2D eigenvalue weighted by atomic mass is 9.79. The van der Waals surface area contributed by atoms with Crippen LogP contribution in [0.15, 0.2) is 33.7 Å². The molecule has 0 radical (unpaired) electrons. The van der Waals surface area contributed by atoms with Gasteiger partial charge in [-0.2, -0.15) is 0 Å². The third-order valence-corrected chi connectivity index (χ3v) is 5.57. The Labute approximate surface area is 183 Å². The van der Waals surface area contributed by atoms with Crippen LogP contribution in [0.25, 0.3) is 0 Å². The molecule has 1 heterocycles. The van der Waals surface area contributed by atoms with E-state index < -0.39 is 0 Å². The fraction of sp³-hybridized carbons (Fsp3) is 0.500. The summed E-state index contributed by atoms with van der Waals surface area (Å²) in [5.41, 5.74) is 2.41. The molecule has 1 aromatic carbocycles. The van der Waals surface area contributed by atoms with Crippen LogP contribution in [0.3, 0.4) is 0 Å². The molecule has 0 atom stereocenters. The molecule has 0 unspecified atom stereocenters. The van der Waals surface area contributed by atoms with Crippen LogP contribution in [0, 0.1) is 13.8 Å². The van der Waals surface area contributed by atoms with Crippen molar-refractivity contribution < 1.29 is 4.42 Å². The molecule has 1 fully saturated rings. The average molecular weight is 503 g/mol. The van der Waals surface area contributed by atoms with Gasteiger partial charge in [0.05, 0.1) is 12.2 Å². The lowest BCUT2D eigenvalue weighted by molar-refractivity contribution is 0.429. The van der Waals surface area contributed by atoms with Crippen LogP contribution in [-0.4, -0.2) is 24.5 Å². The van der Waals surface area contributed by atoms with Crippen LogP contribution in [-0.2, 0) is 12.0 Å². The summed E-state index contributed by atoms with van der Waals surface area (Å²) in [5, 5.41) is 7.56. The Hall–Kier alpha value is -1.28. The summed E-state index contributed by atoms with van der Waals surface area (Å²) in [4.78, 5) is 8.74. The van der Waals surface area contributed by atoms with E-state index in [1.54, 1.807) is 7.05 Å². The van der Waals surface area contributed by atoms with E-state index >= 15 is 0 Å². The number of nitrogens with one attached hydrogen (secondary N) is 2. The third kappa shape index (κ3) is 5.38. The van der Waals surface area contributed by atoms with Crippen LogP contribution in [0.4, 0.5) is 0 Å². The molecule has 2 N–H and O–H groups in total. The van der Waals surface area contributed by atoms with Crippen molar-refractivity contribution in [3.05, 3.63) is 52.2 Å². The minimum atomic E-state index is 0. The van der Waals surface area contributed by atoms with Gasteiger partial charge in [-0.3, -0.25) is 4.99 Å². The standard InChI is InChI=1S/C20H27ClN4O.HI/c1-14-15(2)26-18(25-14)12-23-19(22-3)24-13-20(10-4-5-11-20)16-6-8-17(21)9-7-16;/h6-9H,4-5,10-13H2,1-3H3,(H2,22,23,24);1H. The SMILES string of the molecule is CN=C(NCc1nc(C)c(C)o1)NCC1(c2ccc(Cl)cc2)CCCC1.I. The lowest BCUT2D eigenvalue weighted by Gasteiger charge is -2.30. The van der Waals surface area contributed by atoms with Gasteiger partial charge >= 0.3 is 0 Å². The first-order valence-corrected chi connectivity index (χ1v) is 9.54. The second kappa shape index (κ2) is 9.78. The fourth-order valence-electron chi connectivity index (χ4n) is 3.67. The first-order chi connectivity index (χ1) is 12.5. The van der Waals surface area contributed by atoms with Crippen LogP contribution < -0.4 is 10.6 Å². The number of aryl methyl sites for hydroxylation is 2. The quantitative estimate of drug-likeness (QED) is 0.352. The summed E-state index contributed by atoms with van der Waals surface area (Å²) in [6, 6.07) is 8.28. The maximum Gasteiger partial charge on any atom is 0.214 e. The molecule has 0 bridgehead atoms. The van der Waals surface area contributed by atoms with Gasteiger partial charge in [0.2, 0.25) is 5.89 Å². The highest BCUT2D eigenvalue weighted by molar-refractivity contribution is 14.0. The van der Waals surface area contributed by atoms with E-state index in [2.05, 4.69) is 32.7 Å². The Morgan fingerprint density at radius 3 is 2.41 bits per heavy atom. The molecule has 0 amide bonds. The summed E-state index contributed by atoms with van der Waals surface area (Å²) < 4.78 is 5.62. The van der Waals surface area contributed by atoms with Gasteiger partial charge in [0.15, 0.2) is 5.96 Å². The van der Waals surface area contributed by atoms with Crippen molar-refractivity contribution >= 4 is 41.5 Å². The molecule has 0 saturated heterocycles. The van der Waals surface area contributed by atoms with E-state index in [0.29, 0.717) is 12.4 Å². The number of rotatable bonds is 5. The highest BCUT2D eigenvalue weighted by Crippen LogP contribution is 2.40. The van der Waals surface area contributed by atoms with E-state index in [1.807, 2.05) is 26.0 Å². The van der Waals surface area contributed by atoms with Crippen LogP contribution in [0.1, 0.15) is 48.6 Å².